The van der Waals surface area contributed by atoms with Crippen molar-refractivity contribution in [3.63, 3.8) is 0 Å². The Labute approximate surface area is 171 Å². The van der Waals surface area contributed by atoms with Crippen LogP contribution in [0.25, 0.3) is 10.8 Å². The lowest BCUT2D eigenvalue weighted by Gasteiger charge is -2.12. The van der Waals surface area contributed by atoms with Gasteiger partial charge in [0.1, 0.15) is 17.3 Å². The summed E-state index contributed by atoms with van der Waals surface area (Å²) >= 11 is 0. The average Bonchev–Trinajstić information content (AvgIpc) is 3.22. The van der Waals surface area contributed by atoms with Gasteiger partial charge in [-0.25, -0.2) is 0 Å². The molecule has 0 unspecified atom stereocenters. The second kappa shape index (κ2) is 7.85. The van der Waals surface area contributed by atoms with Gasteiger partial charge < -0.3 is 10.4 Å². The minimum Gasteiger partial charge on any atom is -0.505 e. The van der Waals surface area contributed by atoms with Gasteiger partial charge in [0.15, 0.2) is 11.6 Å². The molecule has 0 atom stereocenters. The fraction of sp³-hybridized carbons (Fsp3) is 0.0455. The van der Waals surface area contributed by atoms with Gasteiger partial charge >= 0.3 is 0 Å². The molecule has 1 heterocycles. The molecule has 0 bridgehead atoms. The molecule has 0 fully saturated rings. The molecule has 0 saturated heterocycles. The van der Waals surface area contributed by atoms with Crippen LogP contribution in [0.5, 0.6) is 5.75 Å². The highest BCUT2D eigenvalue weighted by Gasteiger charge is 2.19. The van der Waals surface area contributed by atoms with Crippen LogP contribution in [-0.4, -0.2) is 21.2 Å². The van der Waals surface area contributed by atoms with E-state index in [4.69, 9.17) is 5.26 Å². The summed E-state index contributed by atoms with van der Waals surface area (Å²) in [6.45, 7) is 1.88. The summed E-state index contributed by atoms with van der Waals surface area (Å²) in [6.07, 6.45) is 1.33. The molecule has 1 amide bonds. The number of aryl methyl sites for hydroxylation is 1. The predicted molar refractivity (Wildman–Crippen MR) is 112 cm³/mol. The number of hydrogen-bond acceptors (Lipinski definition) is 6. The van der Waals surface area contributed by atoms with Gasteiger partial charge in [-0.2, -0.15) is 10.4 Å². The number of nitrogens with zero attached hydrogens (tertiary/aromatic N) is 4. The van der Waals surface area contributed by atoms with Crippen LogP contribution >= 0.6 is 0 Å². The van der Waals surface area contributed by atoms with E-state index in [0.29, 0.717) is 16.5 Å². The Bertz CT molecular complexity index is 1330. The first-order valence-corrected chi connectivity index (χ1v) is 9.05. The van der Waals surface area contributed by atoms with Crippen LogP contribution in [0.1, 0.15) is 21.5 Å². The topological polar surface area (TPSA) is 127 Å². The number of aromatic nitrogens is 2. The van der Waals surface area contributed by atoms with Gasteiger partial charge in [-0.15, -0.1) is 10.2 Å². The Balaban J connectivity index is 1.80. The molecule has 146 valence electrons. The SMILES string of the molecule is Cc1ccccc1NC(=O)c1cc2ccccc2c(/N=N/c2[nH]ncc2C#N)c1O. The number of carbonyl (C=O) groups is 1. The quantitative estimate of drug-likeness (QED) is 0.414. The van der Waals surface area contributed by atoms with Crippen molar-refractivity contribution in [2.45, 2.75) is 6.92 Å². The zero-order valence-corrected chi connectivity index (χ0v) is 15.9. The molecule has 3 N–H and O–H groups in total. The lowest BCUT2D eigenvalue weighted by Crippen LogP contribution is -2.13. The highest BCUT2D eigenvalue weighted by molar-refractivity contribution is 6.11. The first kappa shape index (κ1) is 18.8. The molecule has 0 saturated carbocycles. The number of amides is 1. The van der Waals surface area contributed by atoms with Crippen LogP contribution in [-0.2, 0) is 0 Å². The maximum absolute atomic E-state index is 12.9. The third-order valence-electron chi connectivity index (χ3n) is 4.62. The van der Waals surface area contributed by atoms with Crippen molar-refractivity contribution in [3.05, 3.63) is 77.5 Å². The fourth-order valence-corrected chi connectivity index (χ4v) is 3.03. The van der Waals surface area contributed by atoms with Crippen LogP contribution in [0.4, 0.5) is 17.2 Å². The van der Waals surface area contributed by atoms with E-state index in [2.05, 4.69) is 25.7 Å². The molecule has 4 aromatic rings. The Morgan fingerprint density at radius 2 is 1.93 bits per heavy atom. The number of fused-ring (bicyclic) bond motifs is 1. The number of phenolic OH excluding ortho intramolecular Hbond substituents is 1. The number of benzene rings is 3. The van der Waals surface area contributed by atoms with E-state index in [9.17, 15) is 9.90 Å². The minimum absolute atomic E-state index is 0.0658. The molecule has 30 heavy (non-hydrogen) atoms. The van der Waals surface area contributed by atoms with Gasteiger partial charge in [0.2, 0.25) is 0 Å². The number of carbonyl (C=O) groups excluding carboxylic acids is 1. The van der Waals surface area contributed by atoms with Crippen LogP contribution in [0.2, 0.25) is 0 Å². The summed E-state index contributed by atoms with van der Waals surface area (Å²) in [5, 5.41) is 38.6. The number of aromatic amines is 1. The largest absolute Gasteiger partial charge is 0.505 e. The zero-order valence-electron chi connectivity index (χ0n) is 15.9. The van der Waals surface area contributed by atoms with Gasteiger partial charge in [0.05, 0.1) is 11.8 Å². The van der Waals surface area contributed by atoms with Crippen LogP contribution in [0.15, 0.2) is 71.0 Å². The molecule has 4 rings (SSSR count). The third kappa shape index (κ3) is 3.47. The van der Waals surface area contributed by atoms with Gasteiger partial charge in [0, 0.05) is 11.1 Å². The molecule has 1 aromatic heterocycles. The van der Waals surface area contributed by atoms with Crippen LogP contribution < -0.4 is 5.32 Å². The molecule has 8 nitrogen and oxygen atoms in total. The average molecular weight is 396 g/mol. The molecule has 0 spiro atoms. The van der Waals surface area contributed by atoms with Crippen molar-refractivity contribution in [3.8, 4) is 11.8 Å². The van der Waals surface area contributed by atoms with E-state index in [0.717, 1.165) is 5.56 Å². The Morgan fingerprint density at radius 1 is 1.17 bits per heavy atom. The summed E-state index contributed by atoms with van der Waals surface area (Å²) in [6, 6.07) is 18.1. The molecule has 8 heteroatoms. The maximum Gasteiger partial charge on any atom is 0.259 e. The first-order chi connectivity index (χ1) is 14.6. The molecular formula is C22H16N6O2. The molecule has 0 aliphatic heterocycles. The number of rotatable bonds is 4. The number of H-pyrrole nitrogens is 1. The minimum atomic E-state index is -0.469. The zero-order chi connectivity index (χ0) is 21.1. The Kier molecular flexibility index (Phi) is 4.93. The number of aromatic hydroxyl groups is 1. The van der Waals surface area contributed by atoms with Crippen molar-refractivity contribution in [1.82, 2.24) is 10.2 Å². The molecule has 0 aliphatic carbocycles. The van der Waals surface area contributed by atoms with Gasteiger partial charge in [0.25, 0.3) is 5.91 Å². The van der Waals surface area contributed by atoms with Crippen LogP contribution in [0.3, 0.4) is 0 Å². The van der Waals surface area contributed by atoms with Crippen molar-refractivity contribution < 1.29 is 9.90 Å². The lowest BCUT2D eigenvalue weighted by atomic mass is 10.0. The summed E-state index contributed by atoms with van der Waals surface area (Å²) in [4.78, 5) is 12.9. The van der Waals surface area contributed by atoms with E-state index in [1.807, 2.05) is 43.3 Å². The molecule has 3 aromatic carbocycles. The van der Waals surface area contributed by atoms with Crippen molar-refractivity contribution >= 4 is 33.9 Å². The van der Waals surface area contributed by atoms with Crippen LogP contribution in [0, 0.1) is 18.3 Å². The molecule has 0 aliphatic rings. The number of nitriles is 1. The van der Waals surface area contributed by atoms with Crippen molar-refractivity contribution in [2.24, 2.45) is 10.2 Å². The fourth-order valence-electron chi connectivity index (χ4n) is 3.03. The van der Waals surface area contributed by atoms with E-state index >= 15 is 0 Å². The van der Waals surface area contributed by atoms with Gasteiger partial charge in [-0.05, 0) is 30.0 Å². The third-order valence-corrected chi connectivity index (χ3v) is 4.62. The highest BCUT2D eigenvalue weighted by Crippen LogP contribution is 2.39. The van der Waals surface area contributed by atoms with E-state index < -0.39 is 5.91 Å². The standard InChI is InChI=1S/C22H16N6O2/c1-13-6-2-5-9-18(13)25-22(30)17-10-14-7-3-4-8-16(14)19(20(17)29)26-28-21-15(11-23)12-24-27-21/h2-10,12,29H,1H3,(H,24,27)(H,25,30)/b28-26+. The lowest BCUT2D eigenvalue weighted by molar-refractivity contribution is 0.102. The number of nitrogens with one attached hydrogen (secondary N) is 2. The highest BCUT2D eigenvalue weighted by atomic mass is 16.3. The molecule has 0 radical (unpaired) electrons. The Hall–Kier alpha value is -4.51. The number of azo groups is 1. The van der Waals surface area contributed by atoms with E-state index in [1.54, 1.807) is 24.3 Å². The predicted octanol–water partition coefficient (Wildman–Crippen LogP) is 5.12. The Morgan fingerprint density at radius 3 is 2.73 bits per heavy atom. The smallest absolute Gasteiger partial charge is 0.259 e. The number of anilines is 1. The summed E-state index contributed by atoms with van der Waals surface area (Å²) in [5.41, 5.74) is 1.96. The summed E-state index contributed by atoms with van der Waals surface area (Å²) in [5.74, 6) is -0.611. The first-order valence-electron chi connectivity index (χ1n) is 9.05. The molecular weight excluding hydrogens is 380 g/mol. The summed E-state index contributed by atoms with van der Waals surface area (Å²) < 4.78 is 0. The monoisotopic (exact) mass is 396 g/mol. The normalized spacial score (nSPS) is 10.9. The van der Waals surface area contributed by atoms with E-state index in [1.165, 1.54) is 6.20 Å². The van der Waals surface area contributed by atoms with E-state index in [-0.39, 0.29) is 28.4 Å². The maximum atomic E-state index is 12.9. The second-order valence-electron chi connectivity index (χ2n) is 6.56. The van der Waals surface area contributed by atoms with Gasteiger partial charge in [-0.3, -0.25) is 9.89 Å². The summed E-state index contributed by atoms with van der Waals surface area (Å²) in [7, 11) is 0. The number of para-hydroxylation sites is 1. The second-order valence-corrected chi connectivity index (χ2v) is 6.56. The number of phenols is 1. The number of hydrogen-bond donors (Lipinski definition) is 3. The van der Waals surface area contributed by atoms with Gasteiger partial charge in [-0.1, -0.05) is 42.5 Å². The van der Waals surface area contributed by atoms with Crippen molar-refractivity contribution in [1.29, 1.82) is 5.26 Å². The van der Waals surface area contributed by atoms with Crippen molar-refractivity contribution in [2.75, 3.05) is 5.32 Å².